The van der Waals surface area contributed by atoms with Gasteiger partial charge >= 0.3 is 11.7 Å². The van der Waals surface area contributed by atoms with Gasteiger partial charge in [0.1, 0.15) is 0 Å². The van der Waals surface area contributed by atoms with Crippen LogP contribution in [0.3, 0.4) is 0 Å². The predicted molar refractivity (Wildman–Crippen MR) is 95.9 cm³/mol. The van der Waals surface area contributed by atoms with E-state index in [4.69, 9.17) is 5.11 Å². The minimum atomic E-state index is -1.53. The molecule has 1 aromatic heterocycles. The Balaban J connectivity index is 1.93. The van der Waals surface area contributed by atoms with Crippen LogP contribution in [0.15, 0.2) is 64.2 Å². The van der Waals surface area contributed by atoms with Gasteiger partial charge in [0, 0.05) is 0 Å². The molecule has 0 spiro atoms. The van der Waals surface area contributed by atoms with Crippen LogP contribution in [0.25, 0.3) is 5.69 Å². The SMILES string of the molecule is N#CC(Cc1ccccc1)c1ccc(-n2nc(C(=O)O)c(=O)[nH]c2=O)cc1. The molecule has 0 aliphatic heterocycles. The van der Waals surface area contributed by atoms with Crippen LogP contribution < -0.4 is 11.2 Å². The summed E-state index contributed by atoms with van der Waals surface area (Å²) in [7, 11) is 0. The van der Waals surface area contributed by atoms with E-state index < -0.39 is 22.9 Å². The smallest absolute Gasteiger partial charge is 0.362 e. The summed E-state index contributed by atoms with van der Waals surface area (Å²) in [5.74, 6) is -1.91. The van der Waals surface area contributed by atoms with Crippen molar-refractivity contribution in [1.82, 2.24) is 14.8 Å². The molecule has 0 fully saturated rings. The summed E-state index contributed by atoms with van der Waals surface area (Å²) in [4.78, 5) is 36.4. The average Bonchev–Trinajstić information content (AvgIpc) is 2.67. The van der Waals surface area contributed by atoms with Crippen LogP contribution in [0.2, 0.25) is 0 Å². The number of aromatic carboxylic acids is 1. The first-order chi connectivity index (χ1) is 13.0. The topological polar surface area (TPSA) is 129 Å². The van der Waals surface area contributed by atoms with Crippen molar-refractivity contribution in [2.45, 2.75) is 12.3 Å². The molecule has 0 amide bonds. The minimum absolute atomic E-state index is 0.277. The van der Waals surface area contributed by atoms with E-state index >= 15 is 0 Å². The fourth-order valence-corrected chi connectivity index (χ4v) is 2.65. The molecular weight excluding hydrogens is 348 g/mol. The van der Waals surface area contributed by atoms with Crippen molar-refractivity contribution in [1.29, 1.82) is 5.26 Å². The van der Waals surface area contributed by atoms with Gasteiger partial charge in [-0.1, -0.05) is 42.5 Å². The number of carboxylic acids is 1. The molecule has 0 saturated carbocycles. The fourth-order valence-electron chi connectivity index (χ4n) is 2.65. The Morgan fingerprint density at radius 1 is 1.15 bits per heavy atom. The van der Waals surface area contributed by atoms with E-state index in [9.17, 15) is 19.6 Å². The number of carbonyl (C=O) groups is 1. The lowest BCUT2D eigenvalue weighted by atomic mass is 9.93. The van der Waals surface area contributed by atoms with Crippen molar-refractivity contribution in [3.05, 3.63) is 92.3 Å². The first kappa shape index (κ1) is 17.8. The van der Waals surface area contributed by atoms with Crippen molar-refractivity contribution in [3.63, 3.8) is 0 Å². The number of benzene rings is 2. The molecule has 0 aliphatic rings. The molecule has 1 atom stereocenters. The lowest BCUT2D eigenvalue weighted by molar-refractivity contribution is 0.0685. The standard InChI is InChI=1S/C19H14N4O4/c20-11-14(10-12-4-2-1-3-5-12)13-6-8-15(9-7-13)23-19(27)21-17(24)16(22-23)18(25)26/h1-9,14H,10H2,(H,25,26)(H,21,24,27). The maximum atomic E-state index is 11.9. The van der Waals surface area contributed by atoms with E-state index in [1.807, 2.05) is 35.3 Å². The summed E-state index contributed by atoms with van der Waals surface area (Å²) in [5, 5.41) is 22.1. The molecule has 134 valence electrons. The Morgan fingerprint density at radius 2 is 1.81 bits per heavy atom. The molecule has 1 heterocycles. The van der Waals surface area contributed by atoms with Gasteiger partial charge in [0.15, 0.2) is 0 Å². The van der Waals surface area contributed by atoms with Crippen LogP contribution in [0, 0.1) is 11.3 Å². The fraction of sp³-hybridized carbons (Fsp3) is 0.105. The summed E-state index contributed by atoms with van der Waals surface area (Å²) < 4.78 is 0.799. The summed E-state index contributed by atoms with van der Waals surface area (Å²) in [5.41, 5.74) is -0.637. The molecule has 3 aromatic rings. The first-order valence-corrected chi connectivity index (χ1v) is 8.00. The zero-order valence-electron chi connectivity index (χ0n) is 14.0. The number of aromatic nitrogens is 3. The highest BCUT2D eigenvalue weighted by molar-refractivity contribution is 5.84. The number of carboxylic acid groups (broad SMARTS) is 1. The Labute approximate surface area is 153 Å². The van der Waals surface area contributed by atoms with E-state index in [1.54, 1.807) is 24.3 Å². The molecule has 0 bridgehead atoms. The summed E-state index contributed by atoms with van der Waals surface area (Å²) in [6, 6.07) is 18.3. The average molecular weight is 362 g/mol. The number of hydrogen-bond acceptors (Lipinski definition) is 5. The van der Waals surface area contributed by atoms with E-state index in [0.29, 0.717) is 6.42 Å². The molecule has 2 aromatic carbocycles. The molecule has 2 N–H and O–H groups in total. The monoisotopic (exact) mass is 362 g/mol. The summed E-state index contributed by atoms with van der Waals surface area (Å²) in [6.07, 6.45) is 0.538. The number of aromatic amines is 1. The molecule has 27 heavy (non-hydrogen) atoms. The Morgan fingerprint density at radius 3 is 2.41 bits per heavy atom. The summed E-state index contributed by atoms with van der Waals surface area (Å²) >= 11 is 0. The molecule has 1 unspecified atom stereocenters. The molecular formula is C19H14N4O4. The van der Waals surface area contributed by atoms with Gasteiger partial charge in [-0.2, -0.15) is 15.0 Å². The molecule has 8 heteroatoms. The Kier molecular flexibility index (Phi) is 4.95. The van der Waals surface area contributed by atoms with E-state index in [2.05, 4.69) is 11.2 Å². The minimum Gasteiger partial charge on any atom is -0.476 e. The van der Waals surface area contributed by atoms with Crippen molar-refractivity contribution in [2.24, 2.45) is 0 Å². The Hall–Kier alpha value is -3.99. The second kappa shape index (κ2) is 7.49. The van der Waals surface area contributed by atoms with Crippen molar-refractivity contribution in [3.8, 4) is 11.8 Å². The van der Waals surface area contributed by atoms with Gasteiger partial charge < -0.3 is 5.11 Å². The van der Waals surface area contributed by atoms with Gasteiger partial charge in [-0.15, -0.1) is 0 Å². The van der Waals surface area contributed by atoms with Gasteiger partial charge in [0.05, 0.1) is 17.7 Å². The number of H-pyrrole nitrogens is 1. The van der Waals surface area contributed by atoms with Gasteiger partial charge in [-0.3, -0.25) is 9.78 Å². The molecule has 0 aliphatic carbocycles. The van der Waals surface area contributed by atoms with Crippen LogP contribution in [0.5, 0.6) is 0 Å². The lowest BCUT2D eigenvalue weighted by Gasteiger charge is -2.11. The summed E-state index contributed by atoms with van der Waals surface area (Å²) in [6.45, 7) is 0. The third-order valence-corrected chi connectivity index (χ3v) is 4.01. The van der Waals surface area contributed by atoms with Gasteiger partial charge in [-0.25, -0.2) is 9.59 Å². The predicted octanol–water partition coefficient (Wildman–Crippen LogP) is 1.47. The second-order valence-corrected chi connectivity index (χ2v) is 5.79. The van der Waals surface area contributed by atoms with Gasteiger partial charge in [0.2, 0.25) is 5.69 Å². The van der Waals surface area contributed by atoms with E-state index in [0.717, 1.165) is 15.8 Å². The largest absolute Gasteiger partial charge is 0.476 e. The van der Waals surface area contributed by atoms with Crippen LogP contribution in [-0.4, -0.2) is 25.8 Å². The lowest BCUT2D eigenvalue weighted by Crippen LogP contribution is -2.35. The van der Waals surface area contributed by atoms with Crippen molar-refractivity contribution >= 4 is 5.97 Å². The second-order valence-electron chi connectivity index (χ2n) is 5.79. The van der Waals surface area contributed by atoms with Crippen molar-refractivity contribution < 1.29 is 9.90 Å². The van der Waals surface area contributed by atoms with Gasteiger partial charge in [-0.05, 0) is 29.7 Å². The third kappa shape index (κ3) is 3.82. The first-order valence-electron chi connectivity index (χ1n) is 8.00. The maximum Gasteiger partial charge on any atom is 0.362 e. The van der Waals surface area contributed by atoms with E-state index in [1.165, 1.54) is 0 Å². The maximum absolute atomic E-state index is 11.9. The molecule has 3 rings (SSSR count). The Bertz CT molecular complexity index is 1130. The number of nitrogens with zero attached hydrogens (tertiary/aromatic N) is 3. The quantitative estimate of drug-likeness (QED) is 0.707. The van der Waals surface area contributed by atoms with Crippen LogP contribution in [-0.2, 0) is 6.42 Å². The highest BCUT2D eigenvalue weighted by Gasteiger charge is 2.16. The normalized spacial score (nSPS) is 11.5. The van der Waals surface area contributed by atoms with Crippen LogP contribution in [0.1, 0.15) is 27.5 Å². The number of rotatable bonds is 5. The van der Waals surface area contributed by atoms with E-state index in [-0.39, 0.29) is 11.6 Å². The van der Waals surface area contributed by atoms with Crippen LogP contribution in [0.4, 0.5) is 0 Å². The van der Waals surface area contributed by atoms with Crippen molar-refractivity contribution in [2.75, 3.05) is 0 Å². The zero-order chi connectivity index (χ0) is 19.4. The van der Waals surface area contributed by atoms with Crippen LogP contribution >= 0.6 is 0 Å². The highest BCUT2D eigenvalue weighted by Crippen LogP contribution is 2.21. The molecule has 0 saturated heterocycles. The number of nitrogens with one attached hydrogen (secondary N) is 1. The van der Waals surface area contributed by atoms with Gasteiger partial charge in [0.25, 0.3) is 5.56 Å². The molecule has 0 radical (unpaired) electrons. The number of hydrogen-bond donors (Lipinski definition) is 2. The highest BCUT2D eigenvalue weighted by atomic mass is 16.4. The number of nitriles is 1. The molecule has 8 nitrogen and oxygen atoms in total. The zero-order valence-corrected chi connectivity index (χ0v) is 14.0. The third-order valence-electron chi connectivity index (χ3n) is 4.01.